The van der Waals surface area contributed by atoms with Crippen LogP contribution in [0.4, 0.5) is 0 Å². The van der Waals surface area contributed by atoms with Gasteiger partial charge in [-0.2, -0.15) is 0 Å². The maximum atomic E-state index is 10.5. The van der Waals surface area contributed by atoms with Gasteiger partial charge in [-0.1, -0.05) is 20.8 Å². The molecule has 1 saturated carbocycles. The normalized spacial score (nSPS) is 30.8. The topological polar surface area (TPSA) is 58.9 Å². The highest BCUT2D eigenvalue weighted by atomic mass is 16.1. The van der Waals surface area contributed by atoms with Crippen LogP contribution in [-0.2, 0) is 9.59 Å². The molecule has 1 aliphatic carbocycles. The van der Waals surface area contributed by atoms with E-state index < -0.39 is 0 Å². The molecule has 0 radical (unpaired) electrons. The van der Waals surface area contributed by atoms with Gasteiger partial charge in [-0.05, 0) is 49.9 Å². The molecule has 3 atom stereocenters. The second-order valence-electron chi connectivity index (χ2n) is 7.04. The van der Waals surface area contributed by atoms with Crippen molar-refractivity contribution < 1.29 is 9.59 Å². The average molecular weight is 264 g/mol. The highest BCUT2D eigenvalue weighted by Gasteiger charge is 2.41. The van der Waals surface area contributed by atoms with Crippen molar-refractivity contribution in [3.8, 4) is 0 Å². The number of hydrogen-bond donors (Lipinski definition) is 0. The highest BCUT2D eigenvalue weighted by molar-refractivity contribution is 5.34. The summed E-state index contributed by atoms with van der Waals surface area (Å²) in [6.07, 6.45) is 8.17. The molecule has 0 aromatic rings. The Labute approximate surface area is 115 Å². The molecule has 0 bridgehead atoms. The van der Waals surface area contributed by atoms with Gasteiger partial charge in [-0.15, -0.1) is 0 Å². The first-order valence-electron chi connectivity index (χ1n) is 6.94. The van der Waals surface area contributed by atoms with E-state index in [0.29, 0.717) is 0 Å². The fourth-order valence-corrected chi connectivity index (χ4v) is 3.65. The van der Waals surface area contributed by atoms with Crippen LogP contribution in [0.1, 0.15) is 59.8 Å². The fourth-order valence-electron chi connectivity index (χ4n) is 3.65. The van der Waals surface area contributed by atoms with E-state index in [-0.39, 0.29) is 22.9 Å². The molecule has 0 aliphatic heterocycles. The van der Waals surface area contributed by atoms with E-state index in [1.807, 2.05) is 6.92 Å². The molecule has 0 aromatic carbocycles. The smallest absolute Gasteiger partial charge is 0.211 e. The molecular weight excluding hydrogens is 240 g/mol. The standard InChI is InChI=1S/C15H24N2O2/c1-12(16-10-18)5-6-15(4)8-13(17-11-19)7-14(2,3)9-15/h12-13H,5-9H2,1-4H3. The van der Waals surface area contributed by atoms with Crippen molar-refractivity contribution in [2.75, 3.05) is 0 Å². The molecule has 4 heteroatoms. The van der Waals surface area contributed by atoms with E-state index >= 15 is 0 Å². The molecule has 3 unspecified atom stereocenters. The van der Waals surface area contributed by atoms with E-state index in [2.05, 4.69) is 30.8 Å². The van der Waals surface area contributed by atoms with Gasteiger partial charge < -0.3 is 0 Å². The van der Waals surface area contributed by atoms with Crippen LogP contribution in [0.5, 0.6) is 0 Å². The Bertz CT molecular complexity index is 406. The molecule has 0 aromatic heterocycles. The molecule has 0 amide bonds. The summed E-state index contributed by atoms with van der Waals surface area (Å²) in [7, 11) is 0. The monoisotopic (exact) mass is 264 g/mol. The summed E-state index contributed by atoms with van der Waals surface area (Å²) in [6, 6.07) is 0.100. The van der Waals surface area contributed by atoms with E-state index in [1.165, 1.54) is 0 Å². The molecule has 0 heterocycles. The van der Waals surface area contributed by atoms with E-state index in [9.17, 15) is 9.59 Å². The zero-order chi connectivity index (χ0) is 14.5. The van der Waals surface area contributed by atoms with E-state index in [0.717, 1.165) is 32.1 Å². The second kappa shape index (κ2) is 6.27. The van der Waals surface area contributed by atoms with Crippen molar-refractivity contribution in [3.05, 3.63) is 0 Å². The van der Waals surface area contributed by atoms with Gasteiger partial charge >= 0.3 is 0 Å². The van der Waals surface area contributed by atoms with Gasteiger partial charge in [0.2, 0.25) is 12.2 Å². The molecule has 1 aliphatic rings. The van der Waals surface area contributed by atoms with Crippen LogP contribution in [-0.4, -0.2) is 24.2 Å². The lowest BCUT2D eigenvalue weighted by Gasteiger charge is -2.45. The highest BCUT2D eigenvalue weighted by Crippen LogP contribution is 2.49. The molecule has 1 rings (SSSR count). The third-order valence-corrected chi connectivity index (χ3v) is 4.10. The van der Waals surface area contributed by atoms with Crippen molar-refractivity contribution in [1.29, 1.82) is 0 Å². The van der Waals surface area contributed by atoms with E-state index in [1.54, 1.807) is 12.2 Å². The summed E-state index contributed by atoms with van der Waals surface area (Å²) in [5.41, 5.74) is 0.342. The SMILES string of the molecule is CC(CCC1(C)CC(N=C=O)CC(C)(C)C1)N=C=O. The summed E-state index contributed by atoms with van der Waals surface area (Å²) >= 11 is 0. The lowest BCUT2D eigenvalue weighted by Crippen LogP contribution is -2.38. The summed E-state index contributed by atoms with van der Waals surface area (Å²) in [5, 5.41) is 0. The van der Waals surface area contributed by atoms with Gasteiger partial charge in [0.1, 0.15) is 0 Å². The third-order valence-electron chi connectivity index (χ3n) is 4.10. The third kappa shape index (κ3) is 5.10. The van der Waals surface area contributed by atoms with Gasteiger partial charge in [0.05, 0.1) is 12.1 Å². The summed E-state index contributed by atoms with van der Waals surface area (Å²) < 4.78 is 0. The van der Waals surface area contributed by atoms with Crippen LogP contribution in [0.25, 0.3) is 0 Å². The number of carbonyl (C=O) groups excluding carboxylic acids is 2. The number of hydrogen-bond acceptors (Lipinski definition) is 4. The minimum Gasteiger partial charge on any atom is -0.211 e. The van der Waals surface area contributed by atoms with E-state index in [4.69, 9.17) is 0 Å². The molecule has 1 fully saturated rings. The van der Waals surface area contributed by atoms with Crippen molar-refractivity contribution in [1.82, 2.24) is 0 Å². The maximum Gasteiger partial charge on any atom is 0.235 e. The zero-order valence-electron chi connectivity index (χ0n) is 12.4. The predicted molar refractivity (Wildman–Crippen MR) is 74.5 cm³/mol. The number of rotatable bonds is 5. The molecule has 19 heavy (non-hydrogen) atoms. The number of nitrogens with zero attached hydrogens (tertiary/aromatic N) is 2. The number of isocyanates is 2. The van der Waals surface area contributed by atoms with Gasteiger partial charge in [-0.25, -0.2) is 19.6 Å². The Morgan fingerprint density at radius 1 is 1.21 bits per heavy atom. The lowest BCUT2D eigenvalue weighted by molar-refractivity contribution is 0.0736. The van der Waals surface area contributed by atoms with Crippen LogP contribution >= 0.6 is 0 Å². The Morgan fingerprint density at radius 3 is 2.47 bits per heavy atom. The average Bonchev–Trinajstić information content (AvgIpc) is 2.25. The Morgan fingerprint density at radius 2 is 1.89 bits per heavy atom. The Balaban J connectivity index is 2.72. The molecule has 0 saturated heterocycles. The Hall–Kier alpha value is -1.24. The van der Waals surface area contributed by atoms with Crippen LogP contribution in [0.3, 0.4) is 0 Å². The zero-order valence-corrected chi connectivity index (χ0v) is 12.4. The van der Waals surface area contributed by atoms with Gasteiger partial charge in [0.15, 0.2) is 0 Å². The fraction of sp³-hybridized carbons (Fsp3) is 0.867. The first kappa shape index (κ1) is 15.8. The summed E-state index contributed by atoms with van der Waals surface area (Å²) in [4.78, 5) is 28.4. The first-order chi connectivity index (χ1) is 8.80. The molecule has 0 N–H and O–H groups in total. The maximum absolute atomic E-state index is 10.5. The molecular formula is C15H24N2O2. The van der Waals surface area contributed by atoms with Crippen molar-refractivity contribution in [2.45, 2.75) is 71.9 Å². The summed E-state index contributed by atoms with van der Waals surface area (Å²) in [6.45, 7) is 8.64. The van der Waals surface area contributed by atoms with Crippen LogP contribution in [0.2, 0.25) is 0 Å². The predicted octanol–water partition coefficient (Wildman–Crippen LogP) is 3.41. The lowest BCUT2D eigenvalue weighted by atomic mass is 9.61. The minimum atomic E-state index is 0.0207. The molecule has 0 spiro atoms. The first-order valence-corrected chi connectivity index (χ1v) is 6.94. The Kier molecular flexibility index (Phi) is 5.22. The van der Waals surface area contributed by atoms with Gasteiger partial charge in [-0.3, -0.25) is 0 Å². The number of aliphatic imine (C=N–C) groups is 2. The van der Waals surface area contributed by atoms with Gasteiger partial charge in [0.25, 0.3) is 0 Å². The minimum absolute atomic E-state index is 0.0207. The van der Waals surface area contributed by atoms with Crippen LogP contribution in [0, 0.1) is 10.8 Å². The molecule has 4 nitrogen and oxygen atoms in total. The van der Waals surface area contributed by atoms with Crippen LogP contribution < -0.4 is 0 Å². The summed E-state index contributed by atoms with van der Waals surface area (Å²) in [5.74, 6) is 0. The van der Waals surface area contributed by atoms with Crippen molar-refractivity contribution in [3.63, 3.8) is 0 Å². The van der Waals surface area contributed by atoms with Crippen LogP contribution in [0.15, 0.2) is 9.98 Å². The largest absolute Gasteiger partial charge is 0.235 e. The van der Waals surface area contributed by atoms with Gasteiger partial charge in [0, 0.05) is 0 Å². The molecule has 106 valence electrons. The second-order valence-corrected chi connectivity index (χ2v) is 7.04. The van der Waals surface area contributed by atoms with Crippen molar-refractivity contribution >= 4 is 12.2 Å². The quantitative estimate of drug-likeness (QED) is 0.564. The van der Waals surface area contributed by atoms with Crippen molar-refractivity contribution in [2.24, 2.45) is 20.8 Å².